The van der Waals surface area contributed by atoms with Gasteiger partial charge in [-0.15, -0.1) is 10.2 Å². The zero-order valence-corrected chi connectivity index (χ0v) is 17.6. The summed E-state index contributed by atoms with van der Waals surface area (Å²) in [5.74, 6) is 0.144. The number of hydrogen-bond donors (Lipinski definition) is 2. The van der Waals surface area contributed by atoms with Crippen LogP contribution in [0.4, 0.5) is 21.8 Å². The average molecular weight is 449 g/mol. The van der Waals surface area contributed by atoms with E-state index in [1.807, 2.05) is 4.90 Å². The normalized spacial score (nSPS) is 14.5. The molecule has 4 rings (SSSR count). The molecule has 0 spiro atoms. The highest BCUT2D eigenvalue weighted by Crippen LogP contribution is 2.28. The van der Waals surface area contributed by atoms with E-state index in [4.69, 9.17) is 4.74 Å². The van der Waals surface area contributed by atoms with E-state index in [9.17, 15) is 12.8 Å². The zero-order chi connectivity index (χ0) is 22.0. The largest absolute Gasteiger partial charge is 0.378 e. The molecule has 12 nitrogen and oxygen atoms in total. The van der Waals surface area contributed by atoms with Crippen molar-refractivity contribution in [3.8, 4) is 11.4 Å². The standard InChI is InChI=1S/C17H20FN9O3S/c1-26(2)16-14(10-19-17(20-16)27-5-7-30-8-6-27)23-31(28,29)11-3-4-13(18)12(9-11)15-21-24-25-22-15/h3-4,9-10,23H,5-8H2,1-2H3,(H,21,22,24,25). The predicted molar refractivity (Wildman–Crippen MR) is 110 cm³/mol. The highest BCUT2D eigenvalue weighted by Gasteiger charge is 2.23. The molecule has 1 fully saturated rings. The fourth-order valence-electron chi connectivity index (χ4n) is 3.01. The summed E-state index contributed by atoms with van der Waals surface area (Å²) in [4.78, 5) is 12.3. The molecular formula is C17H20FN9O3S. The van der Waals surface area contributed by atoms with Gasteiger partial charge in [0.15, 0.2) is 5.82 Å². The van der Waals surface area contributed by atoms with Gasteiger partial charge in [0.05, 0.1) is 29.9 Å². The molecule has 1 aliphatic rings. The third-order valence-electron chi connectivity index (χ3n) is 4.55. The Kier molecular flexibility index (Phi) is 5.65. The molecule has 3 aromatic rings. The van der Waals surface area contributed by atoms with Gasteiger partial charge in [0, 0.05) is 27.2 Å². The number of nitrogens with one attached hydrogen (secondary N) is 2. The van der Waals surface area contributed by atoms with E-state index < -0.39 is 15.8 Å². The van der Waals surface area contributed by atoms with Gasteiger partial charge in [0.25, 0.3) is 10.0 Å². The topological polar surface area (TPSA) is 142 Å². The van der Waals surface area contributed by atoms with Crippen molar-refractivity contribution in [2.24, 2.45) is 0 Å². The van der Waals surface area contributed by atoms with Crippen LogP contribution in [-0.4, -0.2) is 79.4 Å². The number of rotatable bonds is 6. The number of benzene rings is 1. The van der Waals surface area contributed by atoms with Crippen molar-refractivity contribution in [2.75, 3.05) is 54.9 Å². The van der Waals surface area contributed by atoms with E-state index in [-0.39, 0.29) is 22.0 Å². The Balaban J connectivity index is 1.66. The molecule has 0 atom stereocenters. The van der Waals surface area contributed by atoms with E-state index in [1.54, 1.807) is 19.0 Å². The second kappa shape index (κ2) is 8.39. The highest BCUT2D eigenvalue weighted by molar-refractivity contribution is 7.92. The molecule has 0 saturated carbocycles. The number of H-pyrrole nitrogens is 1. The Labute approximate surface area is 177 Å². The molecule has 2 N–H and O–H groups in total. The number of tetrazole rings is 1. The van der Waals surface area contributed by atoms with Gasteiger partial charge >= 0.3 is 0 Å². The number of ether oxygens (including phenoxy) is 1. The van der Waals surface area contributed by atoms with Crippen LogP contribution < -0.4 is 14.5 Å². The summed E-state index contributed by atoms with van der Waals surface area (Å²) in [6.07, 6.45) is 1.41. The Bertz CT molecular complexity index is 1170. The maximum absolute atomic E-state index is 14.2. The highest BCUT2D eigenvalue weighted by atomic mass is 32.2. The van der Waals surface area contributed by atoms with Crippen LogP contribution in [0.25, 0.3) is 11.4 Å². The molecule has 0 amide bonds. The van der Waals surface area contributed by atoms with E-state index in [0.717, 1.165) is 18.2 Å². The summed E-state index contributed by atoms with van der Waals surface area (Å²) < 4.78 is 48.0. The first-order valence-electron chi connectivity index (χ1n) is 9.28. The Morgan fingerprint density at radius 1 is 1.26 bits per heavy atom. The number of nitrogens with zero attached hydrogens (tertiary/aromatic N) is 7. The minimum Gasteiger partial charge on any atom is -0.378 e. The van der Waals surface area contributed by atoms with Gasteiger partial charge in [-0.3, -0.25) is 4.72 Å². The van der Waals surface area contributed by atoms with Crippen molar-refractivity contribution in [2.45, 2.75) is 4.90 Å². The number of aromatic amines is 1. The first-order valence-corrected chi connectivity index (χ1v) is 10.8. The Morgan fingerprint density at radius 3 is 2.71 bits per heavy atom. The number of anilines is 3. The van der Waals surface area contributed by atoms with Crippen LogP contribution in [0.3, 0.4) is 0 Å². The Morgan fingerprint density at radius 2 is 2.03 bits per heavy atom. The lowest BCUT2D eigenvalue weighted by molar-refractivity contribution is 0.122. The SMILES string of the molecule is CN(C)c1nc(N2CCOCC2)ncc1NS(=O)(=O)c1ccc(F)c(-c2nn[nH]n2)c1. The van der Waals surface area contributed by atoms with Crippen LogP contribution in [0.1, 0.15) is 0 Å². The lowest BCUT2D eigenvalue weighted by Crippen LogP contribution is -2.37. The van der Waals surface area contributed by atoms with Crippen molar-refractivity contribution >= 4 is 27.5 Å². The van der Waals surface area contributed by atoms with Gasteiger partial charge in [0.2, 0.25) is 11.8 Å². The zero-order valence-electron chi connectivity index (χ0n) is 16.8. The molecule has 1 aromatic carbocycles. The second-order valence-electron chi connectivity index (χ2n) is 6.88. The van der Waals surface area contributed by atoms with E-state index in [1.165, 1.54) is 6.20 Å². The number of hydrogen-bond acceptors (Lipinski definition) is 10. The molecule has 0 bridgehead atoms. The van der Waals surface area contributed by atoms with Gasteiger partial charge < -0.3 is 14.5 Å². The number of aromatic nitrogens is 6. The van der Waals surface area contributed by atoms with Crippen LogP contribution in [0.5, 0.6) is 0 Å². The second-order valence-corrected chi connectivity index (χ2v) is 8.57. The summed E-state index contributed by atoms with van der Waals surface area (Å²) in [6.45, 7) is 2.43. The molecule has 0 unspecified atom stereocenters. The molecule has 3 heterocycles. The molecule has 1 aliphatic heterocycles. The fourth-order valence-corrected chi connectivity index (χ4v) is 4.09. The number of morpholine rings is 1. The van der Waals surface area contributed by atoms with Crippen LogP contribution >= 0.6 is 0 Å². The van der Waals surface area contributed by atoms with Crippen LogP contribution in [0.15, 0.2) is 29.3 Å². The summed E-state index contributed by atoms with van der Waals surface area (Å²) in [5, 5.41) is 13.0. The molecular weight excluding hydrogens is 429 g/mol. The molecule has 0 aliphatic carbocycles. The fraction of sp³-hybridized carbons (Fsp3) is 0.353. The maximum atomic E-state index is 14.2. The number of halogens is 1. The van der Waals surface area contributed by atoms with Crippen molar-refractivity contribution in [3.05, 3.63) is 30.2 Å². The summed E-state index contributed by atoms with van der Waals surface area (Å²) in [7, 11) is -0.589. The first-order chi connectivity index (χ1) is 14.8. The maximum Gasteiger partial charge on any atom is 0.262 e. The first kappa shape index (κ1) is 20.9. The third-order valence-corrected chi connectivity index (χ3v) is 5.92. The van der Waals surface area contributed by atoms with Crippen molar-refractivity contribution < 1.29 is 17.5 Å². The van der Waals surface area contributed by atoms with Crippen molar-refractivity contribution in [1.82, 2.24) is 30.6 Å². The van der Waals surface area contributed by atoms with Crippen molar-refractivity contribution in [3.63, 3.8) is 0 Å². The van der Waals surface area contributed by atoms with Gasteiger partial charge in [-0.2, -0.15) is 10.2 Å². The minimum absolute atomic E-state index is 0.0540. The van der Waals surface area contributed by atoms with E-state index >= 15 is 0 Å². The number of sulfonamides is 1. The quantitative estimate of drug-likeness (QED) is 0.546. The average Bonchev–Trinajstić information content (AvgIpc) is 3.29. The van der Waals surface area contributed by atoms with Gasteiger partial charge in [-0.25, -0.2) is 17.8 Å². The van der Waals surface area contributed by atoms with Gasteiger partial charge in [0.1, 0.15) is 11.5 Å². The molecule has 164 valence electrons. The Hall–Kier alpha value is -3.39. The summed E-state index contributed by atoms with van der Waals surface area (Å²) >= 11 is 0. The minimum atomic E-state index is -4.08. The third kappa shape index (κ3) is 4.39. The molecule has 0 radical (unpaired) electrons. The lowest BCUT2D eigenvalue weighted by atomic mass is 10.2. The molecule has 2 aromatic heterocycles. The van der Waals surface area contributed by atoms with Crippen LogP contribution in [0.2, 0.25) is 0 Å². The van der Waals surface area contributed by atoms with E-state index in [2.05, 4.69) is 35.3 Å². The molecule has 31 heavy (non-hydrogen) atoms. The molecule has 14 heteroatoms. The van der Waals surface area contributed by atoms with Crippen LogP contribution in [0, 0.1) is 5.82 Å². The molecule has 1 saturated heterocycles. The summed E-state index contributed by atoms with van der Waals surface area (Å²) in [6, 6.07) is 3.32. The van der Waals surface area contributed by atoms with Crippen molar-refractivity contribution in [1.29, 1.82) is 0 Å². The predicted octanol–water partition coefficient (Wildman–Crippen LogP) is 0.499. The van der Waals surface area contributed by atoms with Crippen LogP contribution in [-0.2, 0) is 14.8 Å². The monoisotopic (exact) mass is 449 g/mol. The van der Waals surface area contributed by atoms with Gasteiger partial charge in [-0.1, -0.05) is 0 Å². The summed E-state index contributed by atoms with van der Waals surface area (Å²) in [5.41, 5.74) is 0.0934. The van der Waals surface area contributed by atoms with Gasteiger partial charge in [-0.05, 0) is 23.4 Å². The smallest absolute Gasteiger partial charge is 0.262 e. The lowest BCUT2D eigenvalue weighted by Gasteiger charge is -2.28. The van der Waals surface area contributed by atoms with E-state index in [0.29, 0.717) is 38.1 Å².